The largest absolute Gasteiger partial charge is 0.480 e. The summed E-state index contributed by atoms with van der Waals surface area (Å²) in [6, 6.07) is 7.33. The van der Waals surface area contributed by atoms with Crippen LogP contribution in [0.3, 0.4) is 0 Å². The van der Waals surface area contributed by atoms with Crippen molar-refractivity contribution in [2.45, 2.75) is 12.8 Å². The van der Waals surface area contributed by atoms with Gasteiger partial charge in [0.25, 0.3) is 0 Å². The fourth-order valence-electron chi connectivity index (χ4n) is 1.98. The minimum absolute atomic E-state index is 0.228. The molecule has 1 aliphatic rings. The van der Waals surface area contributed by atoms with Crippen LogP contribution in [-0.2, 0) is 4.79 Å². The number of benzene rings is 1. The predicted octanol–water partition coefficient (Wildman–Crippen LogP) is 0.693. The number of aliphatic carboxylic acids is 1. The zero-order valence-electron chi connectivity index (χ0n) is 9.21. The summed E-state index contributed by atoms with van der Waals surface area (Å²) in [4.78, 5) is 13.9. The average molecular weight is 222 g/mol. The van der Waals surface area contributed by atoms with Crippen molar-refractivity contribution in [1.29, 1.82) is 0 Å². The summed E-state index contributed by atoms with van der Waals surface area (Å²) in [7, 11) is 1.74. The van der Waals surface area contributed by atoms with Crippen molar-refractivity contribution >= 4 is 17.3 Å². The van der Waals surface area contributed by atoms with Gasteiger partial charge in [0.1, 0.15) is 6.54 Å². The Bertz CT molecular complexity index is 431. The number of rotatable bonds is 2. The highest BCUT2D eigenvalue weighted by molar-refractivity contribution is 5.83. The van der Waals surface area contributed by atoms with Gasteiger partial charge < -0.3 is 20.0 Å². The first-order valence-electron chi connectivity index (χ1n) is 4.99. The molecular formula is C11H14N2O3. The van der Waals surface area contributed by atoms with E-state index in [4.69, 9.17) is 5.11 Å². The van der Waals surface area contributed by atoms with Gasteiger partial charge >= 0.3 is 5.97 Å². The lowest BCUT2D eigenvalue weighted by Crippen LogP contribution is -2.54. The van der Waals surface area contributed by atoms with Crippen molar-refractivity contribution in [3.63, 3.8) is 0 Å². The second-order valence-electron chi connectivity index (χ2n) is 4.00. The number of fused-ring (bicyclic) bond motifs is 1. The van der Waals surface area contributed by atoms with Gasteiger partial charge in [0, 0.05) is 14.0 Å². The van der Waals surface area contributed by atoms with E-state index in [2.05, 4.69) is 0 Å². The molecular weight excluding hydrogens is 208 g/mol. The molecule has 0 radical (unpaired) electrons. The van der Waals surface area contributed by atoms with E-state index >= 15 is 0 Å². The summed E-state index contributed by atoms with van der Waals surface area (Å²) in [6.45, 7) is 1.35. The number of carbonyl (C=O) groups is 1. The molecule has 2 rings (SSSR count). The Morgan fingerprint density at radius 3 is 2.50 bits per heavy atom. The molecule has 1 heterocycles. The Morgan fingerprint density at radius 1 is 1.38 bits per heavy atom. The zero-order valence-corrected chi connectivity index (χ0v) is 9.21. The Balaban J connectivity index is 2.47. The summed E-state index contributed by atoms with van der Waals surface area (Å²) < 4.78 is 0. The first kappa shape index (κ1) is 10.8. The quantitative estimate of drug-likeness (QED) is 0.771. The van der Waals surface area contributed by atoms with Crippen molar-refractivity contribution in [3.8, 4) is 0 Å². The SMILES string of the molecule is CN1c2ccccc2N(CC(=O)O)C1(C)O. The van der Waals surface area contributed by atoms with Gasteiger partial charge in [0.05, 0.1) is 11.4 Å². The Hall–Kier alpha value is -1.75. The standard InChI is InChI=1S/C11H14N2O3/c1-11(16)12(2)8-5-3-4-6-9(8)13(11)7-10(14)15/h3-6,16H,7H2,1-2H3,(H,14,15). The second kappa shape index (κ2) is 3.38. The van der Waals surface area contributed by atoms with Gasteiger partial charge in [-0.1, -0.05) is 12.1 Å². The highest BCUT2D eigenvalue weighted by atomic mass is 16.4. The summed E-state index contributed by atoms with van der Waals surface area (Å²) in [6.07, 6.45) is 0. The molecule has 2 N–H and O–H groups in total. The van der Waals surface area contributed by atoms with Gasteiger partial charge in [-0.3, -0.25) is 4.79 Å². The predicted molar refractivity (Wildman–Crippen MR) is 60.5 cm³/mol. The molecule has 1 aliphatic heterocycles. The van der Waals surface area contributed by atoms with Gasteiger partial charge in [-0.05, 0) is 12.1 Å². The van der Waals surface area contributed by atoms with E-state index in [1.807, 2.05) is 18.2 Å². The third kappa shape index (κ3) is 1.40. The van der Waals surface area contributed by atoms with E-state index in [0.29, 0.717) is 0 Å². The van der Waals surface area contributed by atoms with Crippen LogP contribution in [0.5, 0.6) is 0 Å². The third-order valence-electron chi connectivity index (χ3n) is 2.97. The smallest absolute Gasteiger partial charge is 0.323 e. The van der Waals surface area contributed by atoms with Crippen molar-refractivity contribution < 1.29 is 15.0 Å². The lowest BCUT2D eigenvalue weighted by atomic mass is 10.2. The molecule has 0 saturated carbocycles. The minimum atomic E-state index is -1.30. The molecule has 0 aliphatic carbocycles. The molecule has 0 aromatic heterocycles. The highest BCUT2D eigenvalue weighted by Gasteiger charge is 2.43. The van der Waals surface area contributed by atoms with Crippen LogP contribution in [0.4, 0.5) is 11.4 Å². The van der Waals surface area contributed by atoms with Gasteiger partial charge in [-0.15, -0.1) is 0 Å². The van der Waals surface area contributed by atoms with Gasteiger partial charge in [-0.2, -0.15) is 0 Å². The normalized spacial score (nSPS) is 23.4. The molecule has 1 unspecified atom stereocenters. The summed E-state index contributed by atoms with van der Waals surface area (Å²) in [5.74, 6) is -2.27. The van der Waals surface area contributed by atoms with Crippen LogP contribution >= 0.6 is 0 Å². The molecule has 0 amide bonds. The number of aliphatic hydroxyl groups is 1. The van der Waals surface area contributed by atoms with Crippen LogP contribution in [0.2, 0.25) is 0 Å². The van der Waals surface area contributed by atoms with Gasteiger partial charge in [0.2, 0.25) is 5.85 Å². The van der Waals surface area contributed by atoms with Gasteiger partial charge in [-0.25, -0.2) is 0 Å². The number of carboxylic acids is 1. The lowest BCUT2D eigenvalue weighted by Gasteiger charge is -2.35. The fraction of sp³-hybridized carbons (Fsp3) is 0.364. The summed E-state index contributed by atoms with van der Waals surface area (Å²) in [5, 5.41) is 19.1. The van der Waals surface area contributed by atoms with E-state index in [9.17, 15) is 9.90 Å². The molecule has 86 valence electrons. The zero-order chi connectivity index (χ0) is 11.9. The highest BCUT2D eigenvalue weighted by Crippen LogP contribution is 2.42. The molecule has 5 heteroatoms. The molecule has 0 saturated heterocycles. The maximum Gasteiger partial charge on any atom is 0.323 e. The van der Waals surface area contributed by atoms with Crippen LogP contribution in [0, 0.1) is 0 Å². The number of carboxylic acid groups (broad SMARTS) is 1. The first-order valence-corrected chi connectivity index (χ1v) is 4.99. The van der Waals surface area contributed by atoms with Crippen LogP contribution in [0.15, 0.2) is 24.3 Å². The molecule has 1 aromatic carbocycles. The second-order valence-corrected chi connectivity index (χ2v) is 4.00. The van der Waals surface area contributed by atoms with Crippen molar-refractivity contribution in [2.75, 3.05) is 23.4 Å². The van der Waals surface area contributed by atoms with E-state index in [0.717, 1.165) is 11.4 Å². The minimum Gasteiger partial charge on any atom is -0.480 e. The monoisotopic (exact) mass is 222 g/mol. The van der Waals surface area contributed by atoms with Crippen molar-refractivity contribution in [3.05, 3.63) is 24.3 Å². The van der Waals surface area contributed by atoms with E-state index in [1.165, 1.54) is 4.90 Å². The first-order chi connectivity index (χ1) is 7.44. The molecule has 1 atom stereocenters. The number of para-hydroxylation sites is 2. The number of hydrogen-bond donors (Lipinski definition) is 2. The average Bonchev–Trinajstić information content (AvgIpc) is 2.40. The third-order valence-corrected chi connectivity index (χ3v) is 2.97. The molecule has 0 spiro atoms. The molecule has 0 bridgehead atoms. The summed E-state index contributed by atoms with van der Waals surface area (Å²) >= 11 is 0. The topological polar surface area (TPSA) is 64.0 Å². The maximum atomic E-state index is 10.8. The van der Waals surface area contributed by atoms with Gasteiger partial charge in [0.15, 0.2) is 0 Å². The van der Waals surface area contributed by atoms with E-state index in [1.54, 1.807) is 24.9 Å². The van der Waals surface area contributed by atoms with Crippen LogP contribution in [0.25, 0.3) is 0 Å². The van der Waals surface area contributed by atoms with E-state index in [-0.39, 0.29) is 6.54 Å². The Morgan fingerprint density at radius 2 is 1.94 bits per heavy atom. The Kier molecular flexibility index (Phi) is 2.27. The fourth-order valence-corrected chi connectivity index (χ4v) is 1.98. The number of hydrogen-bond acceptors (Lipinski definition) is 4. The molecule has 0 fully saturated rings. The molecule has 5 nitrogen and oxygen atoms in total. The summed E-state index contributed by atoms with van der Waals surface area (Å²) in [5.41, 5.74) is 1.56. The van der Waals surface area contributed by atoms with E-state index < -0.39 is 11.8 Å². The van der Waals surface area contributed by atoms with Crippen LogP contribution < -0.4 is 9.80 Å². The maximum absolute atomic E-state index is 10.8. The lowest BCUT2D eigenvalue weighted by molar-refractivity contribution is -0.136. The molecule has 1 aromatic rings. The molecule has 16 heavy (non-hydrogen) atoms. The van der Waals surface area contributed by atoms with Crippen molar-refractivity contribution in [2.24, 2.45) is 0 Å². The number of anilines is 2. The van der Waals surface area contributed by atoms with Crippen LogP contribution in [-0.4, -0.2) is 35.6 Å². The number of nitrogens with zero attached hydrogens (tertiary/aromatic N) is 2. The Labute approximate surface area is 93.5 Å². The van der Waals surface area contributed by atoms with Crippen LogP contribution in [0.1, 0.15) is 6.92 Å². The van der Waals surface area contributed by atoms with Crippen molar-refractivity contribution in [1.82, 2.24) is 0 Å².